The summed E-state index contributed by atoms with van der Waals surface area (Å²) in [7, 11) is 0. The molecule has 0 fully saturated rings. The van der Waals surface area contributed by atoms with Crippen LogP contribution in [0.5, 0.6) is 11.5 Å². The zero-order chi connectivity index (χ0) is 18.9. The summed E-state index contributed by atoms with van der Waals surface area (Å²) in [5.41, 5.74) is 7.75. The van der Waals surface area contributed by atoms with Crippen LogP contribution in [0.4, 0.5) is 0 Å². The molecule has 0 aliphatic carbocycles. The third kappa shape index (κ3) is 5.97. The number of halogens is 1. The third-order valence-corrected chi connectivity index (χ3v) is 3.83. The fraction of sp³-hybridized carbons (Fsp3) is 0.190. The van der Waals surface area contributed by atoms with E-state index in [9.17, 15) is 4.79 Å². The zero-order valence-corrected chi connectivity index (χ0v) is 15.7. The van der Waals surface area contributed by atoms with E-state index in [0.717, 1.165) is 12.0 Å². The van der Waals surface area contributed by atoms with Crippen molar-refractivity contribution in [2.24, 2.45) is 5.73 Å². The molecule has 1 amide bonds. The lowest BCUT2D eigenvalue weighted by molar-refractivity contribution is -0.117. The fourth-order valence-electron chi connectivity index (χ4n) is 2.24. The number of allylic oxidation sites excluding steroid dienone is 2. The normalized spacial score (nSPS) is 12.0. The smallest absolute Gasteiger partial charge is 0.253 e. The summed E-state index contributed by atoms with van der Waals surface area (Å²) >= 11 is 5.95. The quantitative estimate of drug-likeness (QED) is 0.535. The average Bonchev–Trinajstić information content (AvgIpc) is 2.61. The number of carbonyl (C=O) groups excluding carboxylic acids is 1. The van der Waals surface area contributed by atoms with Crippen LogP contribution in [0.1, 0.15) is 25.8 Å². The highest BCUT2D eigenvalue weighted by Gasteiger charge is 2.08. The van der Waals surface area contributed by atoms with Crippen LogP contribution < -0.4 is 15.8 Å². The zero-order valence-electron chi connectivity index (χ0n) is 15.0. The van der Waals surface area contributed by atoms with Crippen molar-refractivity contribution >= 4 is 17.5 Å². The highest BCUT2D eigenvalue weighted by atomic mass is 35.5. The first-order valence-corrected chi connectivity index (χ1v) is 8.81. The van der Waals surface area contributed by atoms with E-state index in [2.05, 4.69) is 5.32 Å². The van der Waals surface area contributed by atoms with Crippen LogP contribution in [0.3, 0.4) is 0 Å². The maximum Gasteiger partial charge on any atom is 0.253 e. The van der Waals surface area contributed by atoms with Gasteiger partial charge in [-0.25, -0.2) is 0 Å². The van der Waals surface area contributed by atoms with E-state index in [1.54, 1.807) is 25.1 Å². The molecule has 2 rings (SSSR count). The standard InChI is InChI=1S/C21H23ClN2O2/c1-3-4-8-20(15(2)23)21(25)24-14-16-9-11-18(12-10-16)26-19-7-5-6-17(22)13-19/h4-13H,3,14,23H2,1-2H3,(H,24,25)/b8-4-,20-15-. The van der Waals surface area contributed by atoms with E-state index < -0.39 is 0 Å². The molecule has 26 heavy (non-hydrogen) atoms. The van der Waals surface area contributed by atoms with Crippen LogP contribution in [-0.2, 0) is 11.3 Å². The number of nitrogens with one attached hydrogen (secondary N) is 1. The summed E-state index contributed by atoms with van der Waals surface area (Å²) in [6.07, 6.45) is 4.51. The second-order valence-corrected chi connectivity index (χ2v) is 6.23. The SMILES string of the molecule is CC/C=C\C(C(=O)NCc1ccc(Oc2cccc(Cl)c2)cc1)=C(/C)N. The molecule has 0 saturated heterocycles. The minimum absolute atomic E-state index is 0.186. The first-order chi connectivity index (χ1) is 12.5. The van der Waals surface area contributed by atoms with E-state index in [1.165, 1.54) is 0 Å². The van der Waals surface area contributed by atoms with Crippen LogP contribution in [0, 0.1) is 0 Å². The third-order valence-electron chi connectivity index (χ3n) is 3.60. The van der Waals surface area contributed by atoms with Crippen molar-refractivity contribution in [3.05, 3.63) is 82.5 Å². The summed E-state index contributed by atoms with van der Waals surface area (Å²) in [5.74, 6) is 1.19. The Labute approximate surface area is 159 Å². The number of ether oxygens (including phenoxy) is 1. The first-order valence-electron chi connectivity index (χ1n) is 8.43. The second kappa shape index (κ2) is 9.68. The van der Waals surface area contributed by atoms with Gasteiger partial charge < -0.3 is 15.8 Å². The maximum atomic E-state index is 12.3. The van der Waals surface area contributed by atoms with Gasteiger partial charge in [0.15, 0.2) is 0 Å². The highest BCUT2D eigenvalue weighted by Crippen LogP contribution is 2.24. The molecular formula is C21H23ClN2O2. The monoisotopic (exact) mass is 370 g/mol. The first kappa shape index (κ1) is 19.6. The van der Waals surface area contributed by atoms with Gasteiger partial charge in [-0.15, -0.1) is 0 Å². The van der Waals surface area contributed by atoms with Gasteiger partial charge in [0.1, 0.15) is 11.5 Å². The number of hydrogen-bond acceptors (Lipinski definition) is 3. The molecule has 0 atom stereocenters. The maximum absolute atomic E-state index is 12.3. The van der Waals surface area contributed by atoms with Gasteiger partial charge in [-0.3, -0.25) is 4.79 Å². The Kier molecular flexibility index (Phi) is 7.30. The summed E-state index contributed by atoms with van der Waals surface area (Å²) < 4.78 is 5.75. The van der Waals surface area contributed by atoms with E-state index in [0.29, 0.717) is 34.3 Å². The summed E-state index contributed by atoms with van der Waals surface area (Å²) in [6, 6.07) is 14.7. The molecule has 4 nitrogen and oxygen atoms in total. The Morgan fingerprint density at radius 3 is 2.54 bits per heavy atom. The Balaban J connectivity index is 1.95. The number of benzene rings is 2. The van der Waals surface area contributed by atoms with Crippen molar-refractivity contribution in [3.63, 3.8) is 0 Å². The number of hydrogen-bond donors (Lipinski definition) is 2. The molecule has 0 heterocycles. The van der Waals surface area contributed by atoms with Crippen molar-refractivity contribution in [3.8, 4) is 11.5 Å². The van der Waals surface area contributed by atoms with Gasteiger partial charge in [-0.05, 0) is 49.2 Å². The number of amides is 1. The Morgan fingerprint density at radius 2 is 1.92 bits per heavy atom. The van der Waals surface area contributed by atoms with Gasteiger partial charge in [0.2, 0.25) is 0 Å². The molecule has 0 aliphatic heterocycles. The van der Waals surface area contributed by atoms with Crippen molar-refractivity contribution in [2.45, 2.75) is 26.8 Å². The van der Waals surface area contributed by atoms with Crippen molar-refractivity contribution in [2.75, 3.05) is 0 Å². The molecule has 0 saturated carbocycles. The minimum atomic E-state index is -0.186. The highest BCUT2D eigenvalue weighted by molar-refractivity contribution is 6.30. The van der Waals surface area contributed by atoms with Crippen molar-refractivity contribution < 1.29 is 9.53 Å². The van der Waals surface area contributed by atoms with Crippen molar-refractivity contribution in [1.29, 1.82) is 0 Å². The summed E-state index contributed by atoms with van der Waals surface area (Å²) in [6.45, 7) is 4.13. The molecule has 3 N–H and O–H groups in total. The number of nitrogens with two attached hydrogens (primary N) is 1. The number of carbonyl (C=O) groups is 1. The predicted molar refractivity (Wildman–Crippen MR) is 106 cm³/mol. The predicted octanol–water partition coefficient (Wildman–Crippen LogP) is 4.95. The Bertz CT molecular complexity index is 807. The van der Waals surface area contributed by atoms with Gasteiger partial charge in [0.05, 0.1) is 5.57 Å². The molecule has 2 aromatic carbocycles. The molecular weight excluding hydrogens is 348 g/mol. The lowest BCUT2D eigenvalue weighted by Gasteiger charge is -2.09. The van der Waals surface area contributed by atoms with Gasteiger partial charge >= 0.3 is 0 Å². The van der Waals surface area contributed by atoms with Crippen LogP contribution in [-0.4, -0.2) is 5.91 Å². The molecule has 0 unspecified atom stereocenters. The molecule has 0 aromatic heterocycles. The topological polar surface area (TPSA) is 64.3 Å². The van der Waals surface area contributed by atoms with Gasteiger partial charge in [0.25, 0.3) is 5.91 Å². The van der Waals surface area contributed by atoms with Crippen LogP contribution in [0.15, 0.2) is 72.0 Å². The van der Waals surface area contributed by atoms with Crippen LogP contribution in [0.25, 0.3) is 0 Å². The molecule has 136 valence electrons. The van der Waals surface area contributed by atoms with E-state index >= 15 is 0 Å². The second-order valence-electron chi connectivity index (χ2n) is 5.79. The Hall–Kier alpha value is -2.72. The summed E-state index contributed by atoms with van der Waals surface area (Å²) in [5, 5.41) is 3.50. The molecule has 0 spiro atoms. The van der Waals surface area contributed by atoms with Crippen LogP contribution >= 0.6 is 11.6 Å². The molecule has 5 heteroatoms. The van der Waals surface area contributed by atoms with E-state index in [-0.39, 0.29) is 5.91 Å². The van der Waals surface area contributed by atoms with Gasteiger partial charge in [-0.1, -0.05) is 48.9 Å². The molecule has 0 radical (unpaired) electrons. The van der Waals surface area contributed by atoms with Crippen molar-refractivity contribution in [1.82, 2.24) is 5.32 Å². The fourth-order valence-corrected chi connectivity index (χ4v) is 2.42. The lowest BCUT2D eigenvalue weighted by atomic mass is 10.1. The lowest BCUT2D eigenvalue weighted by Crippen LogP contribution is -2.25. The van der Waals surface area contributed by atoms with E-state index in [1.807, 2.05) is 49.4 Å². The minimum Gasteiger partial charge on any atom is -0.457 e. The molecule has 2 aromatic rings. The van der Waals surface area contributed by atoms with Gasteiger partial charge in [-0.2, -0.15) is 0 Å². The van der Waals surface area contributed by atoms with E-state index in [4.69, 9.17) is 22.1 Å². The Morgan fingerprint density at radius 1 is 1.19 bits per heavy atom. The van der Waals surface area contributed by atoms with Crippen LogP contribution in [0.2, 0.25) is 5.02 Å². The summed E-state index contributed by atoms with van der Waals surface area (Å²) in [4.78, 5) is 12.3. The van der Waals surface area contributed by atoms with Gasteiger partial charge in [0, 0.05) is 17.3 Å². The molecule has 0 aliphatic rings. The largest absolute Gasteiger partial charge is 0.457 e. The average molecular weight is 371 g/mol. The molecule has 0 bridgehead atoms. The number of rotatable bonds is 7.